The van der Waals surface area contributed by atoms with Crippen LogP contribution in [-0.2, 0) is 14.2 Å². The van der Waals surface area contributed by atoms with Gasteiger partial charge in [-0.05, 0) is 32.6 Å². The zero-order valence-electron chi connectivity index (χ0n) is 17.3. The summed E-state index contributed by atoms with van der Waals surface area (Å²) in [5.74, 6) is 0.347. The van der Waals surface area contributed by atoms with Crippen LogP contribution < -0.4 is 5.73 Å². The molecular weight excluding hydrogens is 346 g/mol. The van der Waals surface area contributed by atoms with Crippen LogP contribution in [0.4, 0.5) is 5.82 Å². The van der Waals surface area contributed by atoms with Crippen LogP contribution in [0, 0.1) is 5.41 Å². The number of nitrogens with zero attached hydrogens (tertiary/aromatic N) is 4. The molecule has 2 aromatic rings. The van der Waals surface area contributed by atoms with Crippen molar-refractivity contribution in [1.29, 1.82) is 0 Å². The summed E-state index contributed by atoms with van der Waals surface area (Å²) in [6.07, 6.45) is 2.92. The predicted molar refractivity (Wildman–Crippen MR) is 103 cm³/mol. The largest absolute Gasteiger partial charge is 0.382 e. The minimum atomic E-state index is -0.408. The van der Waals surface area contributed by atoms with Crippen molar-refractivity contribution < 1.29 is 14.2 Å². The average Bonchev–Trinajstić information content (AvgIpc) is 3.07. The molecular formula is C19H31N5O3. The van der Waals surface area contributed by atoms with Gasteiger partial charge >= 0.3 is 0 Å². The Balaban J connectivity index is 2.00. The minimum absolute atomic E-state index is 0.0843. The summed E-state index contributed by atoms with van der Waals surface area (Å²) in [4.78, 5) is 12.7. The summed E-state index contributed by atoms with van der Waals surface area (Å²) in [5, 5.41) is 0. The topological polar surface area (TPSA) is 97.3 Å². The number of imidazole rings is 1. The van der Waals surface area contributed by atoms with Crippen molar-refractivity contribution in [3.8, 4) is 0 Å². The van der Waals surface area contributed by atoms with Crippen LogP contribution in [0.2, 0.25) is 0 Å². The van der Waals surface area contributed by atoms with Crippen molar-refractivity contribution in [1.82, 2.24) is 19.5 Å². The van der Waals surface area contributed by atoms with Gasteiger partial charge in [-0.3, -0.25) is 4.57 Å². The van der Waals surface area contributed by atoms with Crippen LogP contribution in [0.1, 0.15) is 54.2 Å². The van der Waals surface area contributed by atoms with E-state index in [1.54, 1.807) is 13.4 Å². The van der Waals surface area contributed by atoms with Gasteiger partial charge in [-0.25, -0.2) is 15.0 Å². The number of nitrogen functional groups attached to an aromatic ring is 1. The van der Waals surface area contributed by atoms with Crippen molar-refractivity contribution in [3.05, 3.63) is 12.7 Å². The van der Waals surface area contributed by atoms with E-state index in [1.807, 2.05) is 25.3 Å². The smallest absolute Gasteiger partial charge is 0.167 e. The lowest BCUT2D eigenvalue weighted by Gasteiger charge is -2.32. The fraction of sp³-hybridized carbons (Fsp3) is 0.737. The molecule has 2 aromatic heterocycles. The number of fused-ring (bicyclic) bond motifs is 1. The van der Waals surface area contributed by atoms with E-state index in [-0.39, 0.29) is 29.3 Å². The number of nitrogens with two attached hydrogens (primary N) is 1. The van der Waals surface area contributed by atoms with Gasteiger partial charge in [0.2, 0.25) is 0 Å². The molecule has 4 atom stereocenters. The molecule has 27 heavy (non-hydrogen) atoms. The van der Waals surface area contributed by atoms with Crippen molar-refractivity contribution >= 4 is 17.0 Å². The first-order valence-electron chi connectivity index (χ1n) is 9.29. The molecule has 0 aliphatic carbocycles. The Bertz CT molecular complexity index is 793. The molecule has 0 aromatic carbocycles. The van der Waals surface area contributed by atoms with Gasteiger partial charge in [0.05, 0.1) is 18.0 Å². The fourth-order valence-corrected chi connectivity index (χ4v) is 3.56. The first kappa shape index (κ1) is 20.0. The van der Waals surface area contributed by atoms with Crippen LogP contribution in [0.25, 0.3) is 11.2 Å². The second-order valence-corrected chi connectivity index (χ2v) is 9.31. The molecule has 1 aliphatic heterocycles. The molecule has 0 radical (unpaired) electrons. The monoisotopic (exact) mass is 377 g/mol. The molecule has 1 unspecified atom stereocenters. The maximum Gasteiger partial charge on any atom is 0.167 e. The Hall–Kier alpha value is -1.77. The maximum absolute atomic E-state index is 6.46. The summed E-state index contributed by atoms with van der Waals surface area (Å²) in [6.45, 7) is 12.7. The molecule has 8 heteroatoms. The van der Waals surface area contributed by atoms with Gasteiger partial charge in [-0.15, -0.1) is 0 Å². The molecule has 3 heterocycles. The number of methoxy groups -OCH3 is 1. The van der Waals surface area contributed by atoms with Crippen molar-refractivity contribution in [2.75, 3.05) is 12.8 Å². The lowest BCUT2D eigenvalue weighted by atomic mass is 9.87. The maximum atomic E-state index is 6.46. The van der Waals surface area contributed by atoms with Gasteiger partial charge in [0, 0.05) is 7.11 Å². The Morgan fingerprint density at radius 3 is 2.41 bits per heavy atom. The SMILES string of the molecule is COC1[C@@H](OC(C)(C)C)[C@@H](CC(C)(C)C)O[C@H]1n1cnc2c(N)ncnc21. The van der Waals surface area contributed by atoms with E-state index in [4.69, 9.17) is 19.9 Å². The van der Waals surface area contributed by atoms with E-state index in [2.05, 4.69) is 35.7 Å². The second-order valence-electron chi connectivity index (χ2n) is 9.31. The van der Waals surface area contributed by atoms with Crippen LogP contribution in [0.3, 0.4) is 0 Å². The molecule has 3 rings (SSSR count). The van der Waals surface area contributed by atoms with Crippen molar-refractivity contribution in [2.45, 2.75) is 78.1 Å². The van der Waals surface area contributed by atoms with Crippen molar-refractivity contribution in [3.63, 3.8) is 0 Å². The lowest BCUT2D eigenvalue weighted by Crippen LogP contribution is -2.42. The summed E-state index contributed by atoms with van der Waals surface area (Å²) in [7, 11) is 1.68. The number of ether oxygens (including phenoxy) is 3. The number of anilines is 1. The fourth-order valence-electron chi connectivity index (χ4n) is 3.56. The molecule has 0 saturated carbocycles. The zero-order valence-corrected chi connectivity index (χ0v) is 17.3. The number of hydrogen-bond acceptors (Lipinski definition) is 7. The first-order valence-corrected chi connectivity index (χ1v) is 9.29. The lowest BCUT2D eigenvalue weighted by molar-refractivity contribution is -0.123. The summed E-state index contributed by atoms with van der Waals surface area (Å²) in [6, 6.07) is 0. The highest BCUT2D eigenvalue weighted by Gasteiger charge is 2.49. The molecule has 150 valence electrons. The summed E-state index contributed by atoms with van der Waals surface area (Å²) in [5.41, 5.74) is 6.88. The third-order valence-electron chi connectivity index (χ3n) is 4.52. The predicted octanol–water partition coefficient (Wildman–Crippen LogP) is 2.94. The molecule has 0 amide bonds. The van der Waals surface area contributed by atoms with Gasteiger partial charge in [0.15, 0.2) is 17.7 Å². The first-order chi connectivity index (χ1) is 12.5. The van der Waals surface area contributed by atoms with Gasteiger partial charge in [0.25, 0.3) is 0 Å². The van der Waals surface area contributed by atoms with Gasteiger partial charge in [-0.1, -0.05) is 20.8 Å². The summed E-state index contributed by atoms with van der Waals surface area (Å²) >= 11 is 0. The number of hydrogen-bond donors (Lipinski definition) is 1. The Morgan fingerprint density at radius 1 is 1.11 bits per heavy atom. The highest BCUT2D eigenvalue weighted by atomic mass is 16.6. The standard InChI is InChI=1S/C19H31N5O3/c1-18(2,3)8-11-13(27-19(4,5)6)14(25-7)17(26-11)24-10-23-12-15(20)21-9-22-16(12)24/h9-11,13-14,17H,8H2,1-7H3,(H2,20,21,22)/t11-,13+,14?,17-/m1/s1. The van der Waals surface area contributed by atoms with Crippen LogP contribution in [-0.4, -0.2) is 50.5 Å². The molecule has 1 aliphatic rings. The van der Waals surface area contributed by atoms with Crippen LogP contribution in [0.5, 0.6) is 0 Å². The van der Waals surface area contributed by atoms with Gasteiger partial charge in [0.1, 0.15) is 24.1 Å². The van der Waals surface area contributed by atoms with E-state index in [0.29, 0.717) is 17.0 Å². The van der Waals surface area contributed by atoms with Gasteiger partial charge in [-0.2, -0.15) is 0 Å². The Kier molecular flexibility index (Phi) is 5.18. The second kappa shape index (κ2) is 7.00. The highest BCUT2D eigenvalue weighted by Crippen LogP contribution is 2.41. The number of rotatable bonds is 4. The zero-order chi connectivity index (χ0) is 20.0. The molecule has 1 fully saturated rings. The van der Waals surface area contributed by atoms with E-state index >= 15 is 0 Å². The Morgan fingerprint density at radius 2 is 1.81 bits per heavy atom. The van der Waals surface area contributed by atoms with E-state index in [0.717, 1.165) is 6.42 Å². The highest BCUT2D eigenvalue weighted by molar-refractivity contribution is 5.81. The van der Waals surface area contributed by atoms with E-state index < -0.39 is 6.23 Å². The van der Waals surface area contributed by atoms with Crippen LogP contribution >= 0.6 is 0 Å². The summed E-state index contributed by atoms with van der Waals surface area (Å²) < 4.78 is 20.6. The molecule has 1 saturated heterocycles. The third kappa shape index (κ3) is 4.23. The van der Waals surface area contributed by atoms with Crippen molar-refractivity contribution in [2.24, 2.45) is 5.41 Å². The van der Waals surface area contributed by atoms with E-state index in [9.17, 15) is 0 Å². The van der Waals surface area contributed by atoms with Crippen LogP contribution in [0.15, 0.2) is 12.7 Å². The molecule has 8 nitrogen and oxygen atoms in total. The van der Waals surface area contributed by atoms with Gasteiger partial charge < -0.3 is 19.9 Å². The normalized spacial score (nSPS) is 26.8. The molecule has 0 spiro atoms. The minimum Gasteiger partial charge on any atom is -0.382 e. The quantitative estimate of drug-likeness (QED) is 0.875. The average molecular weight is 377 g/mol. The number of aromatic nitrogens is 4. The molecule has 2 N–H and O–H groups in total. The Labute approximate surface area is 160 Å². The van der Waals surface area contributed by atoms with E-state index in [1.165, 1.54) is 6.33 Å². The third-order valence-corrected chi connectivity index (χ3v) is 4.52. The molecule has 0 bridgehead atoms.